The van der Waals surface area contributed by atoms with E-state index in [1.54, 1.807) is 12.1 Å². The molecule has 122 valence electrons. The summed E-state index contributed by atoms with van der Waals surface area (Å²) in [5, 5.41) is 0.378. The second-order valence-corrected chi connectivity index (χ2v) is 7.90. The lowest BCUT2D eigenvalue weighted by Gasteiger charge is -2.18. The number of benzene rings is 2. The molecule has 1 atom stereocenters. The van der Waals surface area contributed by atoms with Crippen molar-refractivity contribution in [2.24, 2.45) is 0 Å². The summed E-state index contributed by atoms with van der Waals surface area (Å²) in [4.78, 5) is 0.126. The molecule has 0 bridgehead atoms. The fraction of sp³-hybridized carbons (Fsp3) is 0.294. The molecule has 23 heavy (non-hydrogen) atoms. The maximum Gasteiger partial charge on any atom is 0.246 e. The highest BCUT2D eigenvalue weighted by Gasteiger charge is 2.34. The molecule has 6 heteroatoms. The highest BCUT2D eigenvalue weighted by Crippen LogP contribution is 2.35. The van der Waals surface area contributed by atoms with Crippen LogP contribution in [-0.4, -0.2) is 32.9 Å². The molecule has 4 nitrogen and oxygen atoms in total. The molecule has 2 aromatic rings. The normalized spacial score (nSPS) is 19.0. The molecule has 0 N–H and O–H groups in total. The van der Waals surface area contributed by atoms with Gasteiger partial charge >= 0.3 is 0 Å². The minimum atomic E-state index is -3.62. The summed E-state index contributed by atoms with van der Waals surface area (Å²) < 4.78 is 32.6. The largest absolute Gasteiger partial charge is 0.495 e. The molecule has 0 amide bonds. The predicted octanol–water partition coefficient (Wildman–Crippen LogP) is 3.53. The van der Waals surface area contributed by atoms with E-state index in [1.807, 2.05) is 30.3 Å². The molecule has 1 saturated heterocycles. The fourth-order valence-corrected chi connectivity index (χ4v) is 4.85. The molecule has 0 spiro atoms. The smallest absolute Gasteiger partial charge is 0.246 e. The van der Waals surface area contributed by atoms with Gasteiger partial charge in [0.1, 0.15) is 10.6 Å². The van der Waals surface area contributed by atoms with Gasteiger partial charge in [0.15, 0.2) is 0 Å². The lowest BCUT2D eigenvalue weighted by Crippen LogP contribution is -2.29. The Balaban J connectivity index is 1.89. The second-order valence-electron chi connectivity index (χ2n) is 5.55. The number of methoxy groups -OCH3 is 1. The van der Waals surface area contributed by atoms with Crippen LogP contribution >= 0.6 is 11.6 Å². The third kappa shape index (κ3) is 3.22. The number of ether oxygens (including phenoxy) is 1. The van der Waals surface area contributed by atoms with Crippen molar-refractivity contribution < 1.29 is 13.2 Å². The minimum Gasteiger partial charge on any atom is -0.495 e. The van der Waals surface area contributed by atoms with Crippen LogP contribution < -0.4 is 4.74 Å². The molecule has 0 aliphatic carbocycles. The standard InChI is InChI=1S/C17H18ClNO3S/c1-22-16-8-7-15(18)11-17(16)23(20,21)19-10-9-14(12-19)13-5-3-2-4-6-13/h2-8,11,14H,9-10,12H2,1H3. The summed E-state index contributed by atoms with van der Waals surface area (Å²) in [6.07, 6.45) is 0.812. The van der Waals surface area contributed by atoms with Crippen molar-refractivity contribution in [2.75, 3.05) is 20.2 Å². The topological polar surface area (TPSA) is 46.6 Å². The van der Waals surface area contributed by atoms with Gasteiger partial charge in [0.2, 0.25) is 10.0 Å². The molecule has 3 rings (SSSR count). The van der Waals surface area contributed by atoms with Gasteiger partial charge < -0.3 is 4.74 Å². The van der Waals surface area contributed by atoms with E-state index in [1.165, 1.54) is 23.0 Å². The summed E-state index contributed by atoms with van der Waals surface area (Å²) >= 11 is 5.97. The summed E-state index contributed by atoms with van der Waals surface area (Å²) in [6.45, 7) is 0.972. The monoisotopic (exact) mass is 351 g/mol. The lowest BCUT2D eigenvalue weighted by molar-refractivity contribution is 0.398. The Labute approximate surface area is 141 Å². The van der Waals surface area contributed by atoms with Crippen LogP contribution in [-0.2, 0) is 10.0 Å². The Bertz CT molecular complexity index is 793. The van der Waals surface area contributed by atoms with Gasteiger partial charge in [-0.1, -0.05) is 41.9 Å². The third-order valence-electron chi connectivity index (χ3n) is 4.17. The maximum atomic E-state index is 12.9. The van der Waals surface area contributed by atoms with Crippen LogP contribution in [0.2, 0.25) is 5.02 Å². The van der Waals surface area contributed by atoms with E-state index in [9.17, 15) is 8.42 Å². The van der Waals surface area contributed by atoms with Crippen molar-refractivity contribution in [3.63, 3.8) is 0 Å². The minimum absolute atomic E-state index is 0.126. The SMILES string of the molecule is COc1ccc(Cl)cc1S(=O)(=O)N1CCC(c2ccccc2)C1. The first kappa shape index (κ1) is 16.3. The van der Waals surface area contributed by atoms with Gasteiger partial charge in [-0.05, 0) is 36.1 Å². The zero-order valence-corrected chi connectivity index (χ0v) is 14.3. The molecular formula is C17H18ClNO3S. The van der Waals surface area contributed by atoms with Crippen molar-refractivity contribution in [2.45, 2.75) is 17.2 Å². The number of nitrogens with zero attached hydrogens (tertiary/aromatic N) is 1. The molecule has 0 saturated carbocycles. The fourth-order valence-electron chi connectivity index (χ4n) is 2.94. The molecule has 0 radical (unpaired) electrons. The number of hydrogen-bond donors (Lipinski definition) is 0. The average Bonchev–Trinajstić information content (AvgIpc) is 3.06. The van der Waals surface area contributed by atoms with Crippen molar-refractivity contribution in [3.05, 3.63) is 59.1 Å². The Morgan fingerprint density at radius 3 is 2.61 bits per heavy atom. The van der Waals surface area contributed by atoms with Gasteiger partial charge in [-0.25, -0.2) is 8.42 Å². The number of halogens is 1. The van der Waals surface area contributed by atoms with Gasteiger partial charge in [-0.15, -0.1) is 0 Å². The van der Waals surface area contributed by atoms with Crippen molar-refractivity contribution in [1.82, 2.24) is 4.31 Å². The molecule has 1 aliphatic rings. The molecule has 1 heterocycles. The molecule has 0 aromatic heterocycles. The Kier molecular flexibility index (Phi) is 4.62. The van der Waals surface area contributed by atoms with E-state index in [4.69, 9.17) is 16.3 Å². The Hall–Kier alpha value is -1.56. The van der Waals surface area contributed by atoms with Crippen LogP contribution in [0, 0.1) is 0 Å². The molecule has 1 unspecified atom stereocenters. The third-order valence-corrected chi connectivity index (χ3v) is 6.29. The zero-order chi connectivity index (χ0) is 16.4. The predicted molar refractivity (Wildman–Crippen MR) is 90.6 cm³/mol. The van der Waals surface area contributed by atoms with Crippen molar-refractivity contribution in [1.29, 1.82) is 0 Å². The zero-order valence-electron chi connectivity index (χ0n) is 12.8. The maximum absolute atomic E-state index is 12.9. The van der Waals surface area contributed by atoms with E-state index in [0.717, 1.165) is 6.42 Å². The number of hydrogen-bond acceptors (Lipinski definition) is 3. The van der Waals surface area contributed by atoms with Crippen LogP contribution in [0.3, 0.4) is 0 Å². The molecule has 1 aliphatic heterocycles. The van der Waals surface area contributed by atoms with Gasteiger partial charge in [0.05, 0.1) is 7.11 Å². The first-order valence-electron chi connectivity index (χ1n) is 7.41. The highest BCUT2D eigenvalue weighted by molar-refractivity contribution is 7.89. The van der Waals surface area contributed by atoms with Crippen LogP contribution in [0.25, 0.3) is 0 Å². The summed E-state index contributed by atoms with van der Waals surface area (Å²) in [6, 6.07) is 14.7. The quantitative estimate of drug-likeness (QED) is 0.846. The van der Waals surface area contributed by atoms with E-state index in [-0.39, 0.29) is 10.8 Å². The summed E-state index contributed by atoms with van der Waals surface area (Å²) in [5.41, 5.74) is 1.17. The lowest BCUT2D eigenvalue weighted by atomic mass is 9.99. The Morgan fingerprint density at radius 2 is 1.91 bits per heavy atom. The van der Waals surface area contributed by atoms with Gasteiger partial charge in [-0.3, -0.25) is 0 Å². The number of sulfonamides is 1. The van der Waals surface area contributed by atoms with E-state index < -0.39 is 10.0 Å². The second kappa shape index (κ2) is 6.51. The first-order valence-corrected chi connectivity index (χ1v) is 9.23. The van der Waals surface area contributed by atoms with Gasteiger partial charge in [-0.2, -0.15) is 4.31 Å². The van der Waals surface area contributed by atoms with Crippen LogP contribution in [0.15, 0.2) is 53.4 Å². The van der Waals surface area contributed by atoms with Crippen LogP contribution in [0.1, 0.15) is 17.9 Å². The Morgan fingerprint density at radius 1 is 1.17 bits per heavy atom. The molecule has 1 fully saturated rings. The molecular weight excluding hydrogens is 334 g/mol. The van der Waals surface area contributed by atoms with Gasteiger partial charge in [0.25, 0.3) is 0 Å². The van der Waals surface area contributed by atoms with E-state index in [2.05, 4.69) is 0 Å². The summed E-state index contributed by atoms with van der Waals surface area (Å²) in [5.74, 6) is 0.536. The summed E-state index contributed by atoms with van der Waals surface area (Å²) in [7, 11) is -2.16. The van der Waals surface area contributed by atoms with Crippen LogP contribution in [0.5, 0.6) is 5.75 Å². The van der Waals surface area contributed by atoms with E-state index in [0.29, 0.717) is 23.9 Å². The molecule has 2 aromatic carbocycles. The van der Waals surface area contributed by atoms with Gasteiger partial charge in [0, 0.05) is 18.1 Å². The average molecular weight is 352 g/mol. The van der Waals surface area contributed by atoms with Crippen LogP contribution in [0.4, 0.5) is 0 Å². The van der Waals surface area contributed by atoms with Crippen molar-refractivity contribution in [3.8, 4) is 5.75 Å². The first-order chi connectivity index (χ1) is 11.0. The van der Waals surface area contributed by atoms with E-state index >= 15 is 0 Å². The highest BCUT2D eigenvalue weighted by atomic mass is 35.5. The number of rotatable bonds is 4. The van der Waals surface area contributed by atoms with Crippen molar-refractivity contribution >= 4 is 21.6 Å².